The van der Waals surface area contributed by atoms with Gasteiger partial charge in [0.15, 0.2) is 0 Å². The molecule has 0 aromatic carbocycles. The van der Waals surface area contributed by atoms with E-state index >= 15 is 0 Å². The predicted octanol–water partition coefficient (Wildman–Crippen LogP) is 0.0102. The Kier molecular flexibility index (Phi) is 2.58. The lowest BCUT2D eigenvalue weighted by atomic mass is 10.6. The van der Waals surface area contributed by atoms with Gasteiger partial charge in [-0.05, 0) is 0 Å². The molecule has 1 heterocycles. The van der Waals surface area contributed by atoms with Gasteiger partial charge in [-0.1, -0.05) is 0 Å². The highest BCUT2D eigenvalue weighted by atomic mass is 19.4. The number of hydrogen-bond acceptors (Lipinski definition) is 6. The van der Waals surface area contributed by atoms with Crippen LogP contribution in [0, 0.1) is 0 Å². The quantitative estimate of drug-likeness (QED) is 0.632. The molecule has 78 valence electrons. The molecule has 1 rings (SSSR count). The molecule has 0 saturated carbocycles. The first-order valence-electron chi connectivity index (χ1n) is 3.44. The van der Waals surface area contributed by atoms with Gasteiger partial charge >= 0.3 is 6.18 Å². The number of nitrogens with one attached hydrogen (secondary N) is 1. The van der Waals surface area contributed by atoms with E-state index in [2.05, 4.69) is 15.0 Å². The molecule has 1 aromatic rings. The maximum absolute atomic E-state index is 11.7. The molecule has 0 radical (unpaired) electrons. The predicted molar refractivity (Wildman–Crippen MR) is 43.2 cm³/mol. The smallest absolute Gasteiger partial charge is 0.368 e. The summed E-state index contributed by atoms with van der Waals surface area (Å²) in [6, 6.07) is 0. The van der Waals surface area contributed by atoms with Crippen molar-refractivity contribution in [1.29, 1.82) is 0 Å². The first-order valence-corrected chi connectivity index (χ1v) is 3.44. The minimum Gasteiger partial charge on any atom is -0.368 e. The van der Waals surface area contributed by atoms with Crippen molar-refractivity contribution in [1.82, 2.24) is 15.0 Å². The molecule has 9 heteroatoms. The third-order valence-electron chi connectivity index (χ3n) is 1.12. The summed E-state index contributed by atoms with van der Waals surface area (Å²) < 4.78 is 35.2. The van der Waals surface area contributed by atoms with Crippen LogP contribution >= 0.6 is 0 Å². The monoisotopic (exact) mass is 208 g/mol. The van der Waals surface area contributed by atoms with Gasteiger partial charge in [-0.2, -0.15) is 28.1 Å². The van der Waals surface area contributed by atoms with Gasteiger partial charge in [0.2, 0.25) is 17.8 Å². The fourth-order valence-corrected chi connectivity index (χ4v) is 0.668. The molecule has 0 atom stereocenters. The van der Waals surface area contributed by atoms with Crippen molar-refractivity contribution in [3.8, 4) is 0 Å². The summed E-state index contributed by atoms with van der Waals surface area (Å²) in [6.07, 6.45) is -4.35. The summed E-state index contributed by atoms with van der Waals surface area (Å²) in [7, 11) is 0. The van der Waals surface area contributed by atoms with Gasteiger partial charge in [0.25, 0.3) is 0 Å². The zero-order chi connectivity index (χ0) is 10.8. The second kappa shape index (κ2) is 3.52. The lowest BCUT2D eigenvalue weighted by Gasteiger charge is -2.07. The van der Waals surface area contributed by atoms with Crippen molar-refractivity contribution in [2.24, 2.45) is 0 Å². The maximum Gasteiger partial charge on any atom is 0.405 e. The van der Waals surface area contributed by atoms with Crippen LogP contribution in [0.1, 0.15) is 0 Å². The van der Waals surface area contributed by atoms with Gasteiger partial charge in [0.05, 0.1) is 0 Å². The molecule has 0 spiro atoms. The van der Waals surface area contributed by atoms with Gasteiger partial charge in [0.1, 0.15) is 6.54 Å². The molecule has 14 heavy (non-hydrogen) atoms. The molecular formula is C5H7F3N6. The van der Waals surface area contributed by atoms with Crippen LogP contribution in [0.15, 0.2) is 0 Å². The highest BCUT2D eigenvalue weighted by Crippen LogP contribution is 2.14. The number of alkyl halides is 3. The van der Waals surface area contributed by atoms with E-state index < -0.39 is 12.7 Å². The SMILES string of the molecule is Nc1nc(N)nc(NCC(F)(F)F)n1. The molecule has 6 nitrogen and oxygen atoms in total. The second-order valence-electron chi connectivity index (χ2n) is 2.34. The molecule has 5 N–H and O–H groups in total. The van der Waals surface area contributed by atoms with Crippen molar-refractivity contribution in [3.63, 3.8) is 0 Å². The number of hydrogen-bond donors (Lipinski definition) is 3. The fourth-order valence-electron chi connectivity index (χ4n) is 0.668. The van der Waals surface area contributed by atoms with Crippen molar-refractivity contribution in [3.05, 3.63) is 0 Å². The normalized spacial score (nSPS) is 11.4. The minimum atomic E-state index is -4.35. The summed E-state index contributed by atoms with van der Waals surface area (Å²) in [5, 5.41) is 1.92. The summed E-state index contributed by atoms with van der Waals surface area (Å²) in [5.74, 6) is -0.767. The summed E-state index contributed by atoms with van der Waals surface area (Å²) in [4.78, 5) is 10.2. The zero-order valence-electron chi connectivity index (χ0n) is 6.84. The number of nitrogen functional groups attached to an aromatic ring is 2. The average Bonchev–Trinajstić information content (AvgIpc) is 1.97. The Morgan fingerprint density at radius 2 is 1.57 bits per heavy atom. The lowest BCUT2D eigenvalue weighted by Crippen LogP contribution is -2.23. The molecule has 1 aromatic heterocycles. The van der Waals surface area contributed by atoms with Gasteiger partial charge in [-0.25, -0.2) is 0 Å². The van der Waals surface area contributed by atoms with Crippen LogP contribution in [0.4, 0.5) is 31.0 Å². The number of anilines is 3. The Hall–Kier alpha value is -1.80. The molecular weight excluding hydrogens is 201 g/mol. The Morgan fingerprint density at radius 1 is 1.07 bits per heavy atom. The number of aromatic nitrogens is 3. The molecule has 0 aliphatic rings. The Bertz CT molecular complexity index is 303. The highest BCUT2D eigenvalue weighted by molar-refractivity contribution is 5.37. The van der Waals surface area contributed by atoms with Crippen LogP contribution in [0.2, 0.25) is 0 Å². The van der Waals surface area contributed by atoms with Crippen LogP contribution < -0.4 is 16.8 Å². The molecule has 0 saturated heterocycles. The second-order valence-corrected chi connectivity index (χ2v) is 2.34. The average molecular weight is 208 g/mol. The van der Waals surface area contributed by atoms with Crippen molar-refractivity contribution in [2.75, 3.05) is 23.3 Å². The molecule has 0 unspecified atom stereocenters. The van der Waals surface area contributed by atoms with Gasteiger partial charge in [-0.3, -0.25) is 0 Å². The number of rotatable bonds is 2. The Morgan fingerprint density at radius 3 is 2.00 bits per heavy atom. The first kappa shape index (κ1) is 10.3. The van der Waals surface area contributed by atoms with Crippen molar-refractivity contribution in [2.45, 2.75) is 6.18 Å². The number of nitrogens with zero attached hydrogens (tertiary/aromatic N) is 3. The summed E-state index contributed by atoms with van der Waals surface area (Å²) >= 11 is 0. The third kappa shape index (κ3) is 3.29. The van der Waals surface area contributed by atoms with Crippen molar-refractivity contribution < 1.29 is 13.2 Å². The molecule has 0 fully saturated rings. The Labute approximate surface area is 76.5 Å². The zero-order valence-corrected chi connectivity index (χ0v) is 6.84. The van der Waals surface area contributed by atoms with E-state index in [4.69, 9.17) is 11.5 Å². The third-order valence-corrected chi connectivity index (χ3v) is 1.12. The first-order chi connectivity index (χ1) is 6.37. The van der Waals surface area contributed by atoms with E-state index in [0.29, 0.717) is 0 Å². The topological polar surface area (TPSA) is 103 Å². The largest absolute Gasteiger partial charge is 0.405 e. The number of nitrogens with two attached hydrogens (primary N) is 2. The van der Waals surface area contributed by atoms with E-state index in [1.165, 1.54) is 0 Å². The maximum atomic E-state index is 11.7. The number of halogens is 3. The van der Waals surface area contributed by atoms with Crippen molar-refractivity contribution >= 4 is 17.8 Å². The van der Waals surface area contributed by atoms with Gasteiger partial charge in [0, 0.05) is 0 Å². The molecule has 0 bridgehead atoms. The minimum absolute atomic E-state index is 0.234. The van der Waals surface area contributed by atoms with Crippen LogP contribution in [0.25, 0.3) is 0 Å². The summed E-state index contributed by atoms with van der Waals surface area (Å²) in [5.41, 5.74) is 10.3. The summed E-state index contributed by atoms with van der Waals surface area (Å²) in [6.45, 7) is -1.25. The van der Waals surface area contributed by atoms with E-state index in [9.17, 15) is 13.2 Å². The Balaban J connectivity index is 2.68. The van der Waals surface area contributed by atoms with Crippen LogP contribution in [0.3, 0.4) is 0 Å². The van der Waals surface area contributed by atoms with E-state index in [1.807, 2.05) is 5.32 Å². The van der Waals surface area contributed by atoms with Crippen LogP contribution in [-0.2, 0) is 0 Å². The molecule has 0 aliphatic heterocycles. The van der Waals surface area contributed by atoms with Crippen LogP contribution in [0.5, 0.6) is 0 Å². The van der Waals surface area contributed by atoms with E-state index in [-0.39, 0.29) is 17.8 Å². The standard InChI is InChI=1S/C5H7F3N6/c6-5(7,8)1-11-4-13-2(9)12-3(10)14-4/h1H2,(H5,9,10,11,12,13,14). The molecule has 0 aliphatic carbocycles. The fraction of sp³-hybridized carbons (Fsp3) is 0.400. The van der Waals surface area contributed by atoms with E-state index in [1.54, 1.807) is 0 Å². The van der Waals surface area contributed by atoms with Gasteiger partial charge < -0.3 is 16.8 Å². The van der Waals surface area contributed by atoms with Crippen LogP contribution in [-0.4, -0.2) is 27.7 Å². The van der Waals surface area contributed by atoms with E-state index in [0.717, 1.165) is 0 Å². The molecule has 0 amide bonds. The van der Waals surface area contributed by atoms with Gasteiger partial charge in [-0.15, -0.1) is 0 Å². The lowest BCUT2D eigenvalue weighted by molar-refractivity contribution is -0.115. The highest BCUT2D eigenvalue weighted by Gasteiger charge is 2.27.